The van der Waals surface area contributed by atoms with E-state index < -0.39 is 18.0 Å². The van der Waals surface area contributed by atoms with Crippen molar-refractivity contribution < 1.29 is 36.9 Å². The second-order valence-electron chi connectivity index (χ2n) is 6.79. The molecule has 1 heterocycles. The van der Waals surface area contributed by atoms with Crippen molar-refractivity contribution in [2.75, 3.05) is 13.7 Å². The molecule has 12 heteroatoms. The monoisotopic (exact) mass is 476 g/mol. The Kier molecular flexibility index (Phi) is 7.96. The summed E-state index contributed by atoms with van der Waals surface area (Å²) in [4.78, 5) is 32.2. The minimum Gasteiger partial charge on any atom is -0.469 e. The average molecular weight is 476 g/mol. The number of aromatic nitrogens is 2. The summed E-state index contributed by atoms with van der Waals surface area (Å²) in [7, 11) is 1.31. The molecule has 1 amide bonds. The molecule has 0 unspecified atom stereocenters. The lowest BCUT2D eigenvalue weighted by molar-refractivity contribution is -0.159. The first kappa shape index (κ1) is 24.4. The number of hydrogen-bond donors (Lipinski definition) is 1. The second-order valence-corrected chi connectivity index (χ2v) is 6.79. The number of nitrogens with one attached hydrogen (secondary N) is 1. The van der Waals surface area contributed by atoms with Gasteiger partial charge in [-0.15, -0.1) is 0 Å². The number of hydrogen-bond acceptors (Lipinski definition) is 8. The lowest BCUT2D eigenvalue weighted by Gasteiger charge is -2.07. The van der Waals surface area contributed by atoms with Gasteiger partial charge in [0.2, 0.25) is 5.82 Å². The Morgan fingerprint density at radius 2 is 1.82 bits per heavy atom. The Morgan fingerprint density at radius 1 is 1.12 bits per heavy atom. The van der Waals surface area contributed by atoms with Crippen LogP contribution in [0.1, 0.15) is 27.4 Å². The summed E-state index contributed by atoms with van der Waals surface area (Å²) < 4.78 is 46.5. The Morgan fingerprint density at radius 3 is 2.47 bits per heavy atom. The van der Waals surface area contributed by atoms with Crippen LogP contribution in [0.15, 0.2) is 58.2 Å². The number of alkyl halides is 3. The molecule has 0 atom stereocenters. The van der Waals surface area contributed by atoms with Gasteiger partial charge in [-0.25, -0.2) is 0 Å². The molecule has 0 aliphatic carbocycles. The quantitative estimate of drug-likeness (QED) is 0.286. The van der Waals surface area contributed by atoms with E-state index in [1.54, 1.807) is 18.2 Å². The lowest BCUT2D eigenvalue weighted by atomic mass is 10.1. The van der Waals surface area contributed by atoms with Gasteiger partial charge in [-0.3, -0.25) is 9.59 Å². The van der Waals surface area contributed by atoms with Crippen molar-refractivity contribution in [1.82, 2.24) is 15.5 Å². The van der Waals surface area contributed by atoms with Crippen LogP contribution < -0.4 is 5.32 Å². The number of methoxy groups -OCH3 is 1. The number of carbonyl (C=O) groups is 2. The van der Waals surface area contributed by atoms with E-state index in [-0.39, 0.29) is 42.5 Å². The van der Waals surface area contributed by atoms with Crippen LogP contribution in [0.5, 0.6) is 0 Å². The number of amides is 1. The Hall–Kier alpha value is -4.22. The predicted molar refractivity (Wildman–Crippen MR) is 113 cm³/mol. The van der Waals surface area contributed by atoms with Gasteiger partial charge in [0.1, 0.15) is 6.61 Å². The van der Waals surface area contributed by atoms with E-state index in [1.165, 1.54) is 37.6 Å². The van der Waals surface area contributed by atoms with Gasteiger partial charge in [-0.2, -0.15) is 18.2 Å². The summed E-state index contributed by atoms with van der Waals surface area (Å²) in [5.74, 6) is -2.48. The maximum absolute atomic E-state index is 12.6. The van der Waals surface area contributed by atoms with Crippen molar-refractivity contribution in [2.24, 2.45) is 5.16 Å². The number of nitrogens with zero attached hydrogens (tertiary/aromatic N) is 3. The van der Waals surface area contributed by atoms with Crippen molar-refractivity contribution in [3.63, 3.8) is 0 Å². The minimum atomic E-state index is -4.73. The number of esters is 1. The van der Waals surface area contributed by atoms with Crippen LogP contribution in [0.4, 0.5) is 13.2 Å². The molecular formula is C22H19F3N4O5. The van der Waals surface area contributed by atoms with Crippen LogP contribution in [0.2, 0.25) is 0 Å². The lowest BCUT2D eigenvalue weighted by Crippen LogP contribution is -2.25. The normalized spacial score (nSPS) is 11.4. The maximum atomic E-state index is 12.6. The summed E-state index contributed by atoms with van der Waals surface area (Å²) in [5.41, 5.74) is 2.07. The predicted octanol–water partition coefficient (Wildman–Crippen LogP) is 3.40. The van der Waals surface area contributed by atoms with Gasteiger partial charge in [0, 0.05) is 11.1 Å². The van der Waals surface area contributed by atoms with Crippen LogP contribution in [0.3, 0.4) is 0 Å². The second kappa shape index (κ2) is 11.1. The summed E-state index contributed by atoms with van der Waals surface area (Å²) in [6.07, 6.45) is -3.26. The molecule has 0 spiro atoms. The van der Waals surface area contributed by atoms with E-state index in [4.69, 9.17) is 4.84 Å². The number of oxime groups is 1. The SMILES string of the molecule is COC(=O)Cc1ccccc1CON=CCNC(=O)c1ccc(-c2noc(C(F)(F)F)n2)cc1. The molecule has 0 radical (unpaired) electrons. The zero-order valence-electron chi connectivity index (χ0n) is 17.8. The molecule has 3 rings (SSSR count). The van der Waals surface area contributed by atoms with Gasteiger partial charge in [-0.05, 0) is 23.3 Å². The largest absolute Gasteiger partial charge is 0.471 e. The molecule has 34 heavy (non-hydrogen) atoms. The van der Waals surface area contributed by atoms with E-state index >= 15 is 0 Å². The van der Waals surface area contributed by atoms with Gasteiger partial charge < -0.3 is 19.4 Å². The number of halogens is 3. The van der Waals surface area contributed by atoms with Crippen LogP contribution >= 0.6 is 0 Å². The van der Waals surface area contributed by atoms with E-state index in [0.29, 0.717) is 0 Å². The highest BCUT2D eigenvalue weighted by molar-refractivity contribution is 5.95. The van der Waals surface area contributed by atoms with E-state index in [2.05, 4.69) is 29.9 Å². The van der Waals surface area contributed by atoms with Gasteiger partial charge in [0.15, 0.2) is 0 Å². The van der Waals surface area contributed by atoms with Gasteiger partial charge in [0.25, 0.3) is 5.91 Å². The fraction of sp³-hybridized carbons (Fsp3) is 0.227. The average Bonchev–Trinajstić information content (AvgIpc) is 3.33. The van der Waals surface area contributed by atoms with Gasteiger partial charge in [-0.1, -0.05) is 46.7 Å². The number of rotatable bonds is 9. The molecule has 0 aliphatic rings. The molecule has 0 aliphatic heterocycles. The Balaban J connectivity index is 1.46. The van der Waals surface area contributed by atoms with Gasteiger partial charge in [0.05, 0.1) is 26.3 Å². The minimum absolute atomic E-state index is 0.0736. The van der Waals surface area contributed by atoms with E-state index in [0.717, 1.165) is 11.1 Å². The van der Waals surface area contributed by atoms with E-state index in [1.807, 2.05) is 6.07 Å². The molecule has 0 saturated carbocycles. The summed E-state index contributed by atoms with van der Waals surface area (Å²) in [5, 5.41) is 9.66. The molecule has 3 aromatic rings. The molecule has 1 N–H and O–H groups in total. The van der Waals surface area contributed by atoms with Gasteiger partial charge >= 0.3 is 18.0 Å². The molecule has 1 aromatic heterocycles. The topological polar surface area (TPSA) is 116 Å². The first-order valence-electron chi connectivity index (χ1n) is 9.85. The number of benzene rings is 2. The summed E-state index contributed by atoms with van der Waals surface area (Å²) in [6, 6.07) is 12.8. The zero-order chi connectivity index (χ0) is 24.6. The molecule has 9 nitrogen and oxygen atoms in total. The fourth-order valence-corrected chi connectivity index (χ4v) is 2.76. The number of carbonyl (C=O) groups excluding carboxylic acids is 2. The smallest absolute Gasteiger partial charge is 0.469 e. The third kappa shape index (κ3) is 6.64. The molecule has 0 bridgehead atoms. The third-order valence-electron chi connectivity index (χ3n) is 4.48. The Bertz CT molecular complexity index is 1160. The highest BCUT2D eigenvalue weighted by atomic mass is 19.4. The van der Waals surface area contributed by atoms with Crippen LogP contribution in [-0.2, 0) is 33.6 Å². The van der Waals surface area contributed by atoms with E-state index in [9.17, 15) is 22.8 Å². The molecule has 0 fully saturated rings. The van der Waals surface area contributed by atoms with Crippen LogP contribution in [0, 0.1) is 0 Å². The van der Waals surface area contributed by atoms with Crippen LogP contribution in [-0.4, -0.2) is 41.9 Å². The summed E-state index contributed by atoms with van der Waals surface area (Å²) in [6.45, 7) is 0.204. The molecule has 178 valence electrons. The first-order valence-corrected chi connectivity index (χ1v) is 9.85. The standard InChI is InChI=1S/C22H19F3N4O5/c1-32-18(30)12-16-4-2-3-5-17(16)13-33-27-11-10-26-20(31)15-8-6-14(7-9-15)19-28-21(34-29-19)22(23,24)25/h2-9,11H,10,12-13H2,1H3,(H,26,31). The number of ether oxygens (including phenoxy) is 1. The Labute approximate surface area is 191 Å². The van der Waals surface area contributed by atoms with Crippen LogP contribution in [0.25, 0.3) is 11.4 Å². The molecule has 2 aromatic carbocycles. The highest BCUT2D eigenvalue weighted by Crippen LogP contribution is 2.29. The molecule has 0 saturated heterocycles. The van der Waals surface area contributed by atoms with Crippen molar-refractivity contribution in [1.29, 1.82) is 0 Å². The summed E-state index contributed by atoms with van der Waals surface area (Å²) >= 11 is 0. The third-order valence-corrected chi connectivity index (χ3v) is 4.48. The molecular weight excluding hydrogens is 457 g/mol. The van der Waals surface area contributed by atoms with Crippen molar-refractivity contribution in [3.05, 3.63) is 71.1 Å². The zero-order valence-corrected chi connectivity index (χ0v) is 17.8. The highest BCUT2D eigenvalue weighted by Gasteiger charge is 2.38. The van der Waals surface area contributed by atoms with Crippen molar-refractivity contribution in [2.45, 2.75) is 19.2 Å². The first-order chi connectivity index (χ1) is 16.3. The van der Waals surface area contributed by atoms with Crippen molar-refractivity contribution in [3.8, 4) is 11.4 Å². The fourth-order valence-electron chi connectivity index (χ4n) is 2.76. The van der Waals surface area contributed by atoms with Crippen molar-refractivity contribution >= 4 is 18.1 Å². The maximum Gasteiger partial charge on any atom is 0.471 e.